The molecule has 0 N–H and O–H groups in total. The third kappa shape index (κ3) is 6.49. The molecule has 0 aliphatic carbocycles. The number of hydrogen-bond donors (Lipinski definition) is 0. The summed E-state index contributed by atoms with van der Waals surface area (Å²) in [6.45, 7) is 9.13. The zero-order chi connectivity index (χ0) is 11.7. The van der Waals surface area contributed by atoms with Crippen molar-refractivity contribution in [3.8, 4) is 0 Å². The Labute approximate surface area is 92.3 Å². The average molecular weight is 205 g/mol. The Kier molecular flexibility index (Phi) is 6.98. The molecule has 0 saturated carbocycles. The zero-order valence-corrected chi connectivity index (χ0v) is 9.73. The van der Waals surface area contributed by atoms with Gasteiger partial charge in [0.2, 0.25) is 5.91 Å². The molecule has 0 bridgehead atoms. The van der Waals surface area contributed by atoms with Crippen molar-refractivity contribution in [3.05, 3.63) is 48.9 Å². The van der Waals surface area contributed by atoms with Gasteiger partial charge in [0.1, 0.15) is 0 Å². The lowest BCUT2D eigenvalue weighted by molar-refractivity contribution is -0.124. The quantitative estimate of drug-likeness (QED) is 0.630. The highest BCUT2D eigenvalue weighted by Crippen LogP contribution is 2.02. The summed E-state index contributed by atoms with van der Waals surface area (Å²) >= 11 is 0. The van der Waals surface area contributed by atoms with Crippen molar-refractivity contribution in [2.45, 2.75) is 27.2 Å². The molecular formula is C13H19NO. The van der Waals surface area contributed by atoms with Crippen LogP contribution in [-0.4, -0.2) is 10.8 Å². The van der Waals surface area contributed by atoms with Gasteiger partial charge in [0.05, 0.1) is 0 Å². The van der Waals surface area contributed by atoms with E-state index in [9.17, 15) is 4.79 Å². The number of carbonyl (C=O) groups is 1. The highest BCUT2D eigenvalue weighted by atomic mass is 16.2. The number of nitrogens with zero attached hydrogens (tertiary/aromatic N) is 1. The van der Waals surface area contributed by atoms with Crippen LogP contribution in [0.15, 0.2) is 48.9 Å². The van der Waals surface area contributed by atoms with Crippen molar-refractivity contribution in [2.24, 2.45) is 0 Å². The molecule has 82 valence electrons. The maximum atomic E-state index is 11.2. The molecule has 0 fully saturated rings. The van der Waals surface area contributed by atoms with Crippen LogP contribution in [-0.2, 0) is 4.79 Å². The molecule has 0 atom stereocenters. The van der Waals surface area contributed by atoms with E-state index in [-0.39, 0.29) is 5.91 Å². The SMILES string of the molecule is C=C/C=C/N(/C=C(C)/C=C/CC)C(C)=O. The predicted molar refractivity (Wildman–Crippen MR) is 65.0 cm³/mol. The van der Waals surface area contributed by atoms with E-state index in [1.54, 1.807) is 24.6 Å². The summed E-state index contributed by atoms with van der Waals surface area (Å²) < 4.78 is 0. The fourth-order valence-corrected chi connectivity index (χ4v) is 0.959. The summed E-state index contributed by atoms with van der Waals surface area (Å²) in [5.41, 5.74) is 1.04. The van der Waals surface area contributed by atoms with Crippen LogP contribution >= 0.6 is 0 Å². The first-order chi connectivity index (χ1) is 7.11. The minimum absolute atomic E-state index is 0.0163. The van der Waals surface area contributed by atoms with Crippen LogP contribution in [0.1, 0.15) is 27.2 Å². The van der Waals surface area contributed by atoms with Crippen molar-refractivity contribution in [1.82, 2.24) is 4.90 Å². The first-order valence-electron chi connectivity index (χ1n) is 5.05. The molecule has 0 spiro atoms. The molecule has 0 heterocycles. The lowest BCUT2D eigenvalue weighted by Crippen LogP contribution is -2.16. The Balaban J connectivity index is 4.64. The summed E-state index contributed by atoms with van der Waals surface area (Å²) in [5.74, 6) is -0.0163. The standard InChI is InChI=1S/C13H19NO/c1-5-7-9-12(3)11-14(13(4)15)10-8-6-2/h6-11H,2,5H2,1,3-4H3/b9-7+,10-8+,12-11+. The largest absolute Gasteiger partial charge is 0.295 e. The number of rotatable bonds is 5. The van der Waals surface area contributed by atoms with E-state index < -0.39 is 0 Å². The van der Waals surface area contributed by atoms with Gasteiger partial charge in [0.25, 0.3) is 0 Å². The number of allylic oxidation sites excluding steroid dienone is 5. The van der Waals surface area contributed by atoms with Crippen LogP contribution in [0.25, 0.3) is 0 Å². The maximum absolute atomic E-state index is 11.2. The normalized spacial score (nSPS) is 12.3. The number of amides is 1. The summed E-state index contributed by atoms with van der Waals surface area (Å²) in [7, 11) is 0. The second kappa shape index (κ2) is 7.80. The smallest absolute Gasteiger partial charge is 0.227 e. The average Bonchev–Trinajstić information content (AvgIpc) is 2.20. The minimum Gasteiger partial charge on any atom is -0.295 e. The van der Waals surface area contributed by atoms with E-state index in [1.165, 1.54) is 11.8 Å². The molecule has 2 nitrogen and oxygen atoms in total. The minimum atomic E-state index is -0.0163. The van der Waals surface area contributed by atoms with Gasteiger partial charge in [-0.2, -0.15) is 0 Å². The Bertz CT molecular complexity index is 298. The second-order valence-corrected chi connectivity index (χ2v) is 3.19. The highest BCUT2D eigenvalue weighted by molar-refractivity contribution is 5.75. The Morgan fingerprint density at radius 2 is 2.07 bits per heavy atom. The summed E-state index contributed by atoms with van der Waals surface area (Å²) in [4.78, 5) is 12.8. The molecule has 0 radical (unpaired) electrons. The van der Waals surface area contributed by atoms with Gasteiger partial charge in [0.15, 0.2) is 0 Å². The van der Waals surface area contributed by atoms with Crippen molar-refractivity contribution in [3.63, 3.8) is 0 Å². The zero-order valence-electron chi connectivity index (χ0n) is 9.73. The molecule has 0 rings (SSSR count). The monoisotopic (exact) mass is 205 g/mol. The fraction of sp³-hybridized carbons (Fsp3) is 0.308. The van der Waals surface area contributed by atoms with Crippen LogP contribution in [0.5, 0.6) is 0 Å². The third-order valence-corrected chi connectivity index (χ3v) is 1.71. The van der Waals surface area contributed by atoms with E-state index in [4.69, 9.17) is 0 Å². The van der Waals surface area contributed by atoms with Crippen LogP contribution in [0, 0.1) is 0 Å². The van der Waals surface area contributed by atoms with Crippen LogP contribution in [0.3, 0.4) is 0 Å². The number of hydrogen-bond acceptors (Lipinski definition) is 1. The molecule has 1 amide bonds. The van der Waals surface area contributed by atoms with Crippen LogP contribution < -0.4 is 0 Å². The third-order valence-electron chi connectivity index (χ3n) is 1.71. The van der Waals surface area contributed by atoms with E-state index in [0.717, 1.165) is 12.0 Å². The van der Waals surface area contributed by atoms with Crippen LogP contribution in [0.4, 0.5) is 0 Å². The number of carbonyl (C=O) groups excluding carboxylic acids is 1. The van der Waals surface area contributed by atoms with E-state index in [1.807, 2.05) is 13.0 Å². The highest BCUT2D eigenvalue weighted by Gasteiger charge is 1.99. The van der Waals surface area contributed by atoms with Crippen molar-refractivity contribution in [1.29, 1.82) is 0 Å². The molecule has 0 unspecified atom stereocenters. The molecule has 0 saturated heterocycles. The summed E-state index contributed by atoms with van der Waals surface area (Å²) in [6.07, 6.45) is 11.9. The van der Waals surface area contributed by atoms with Crippen molar-refractivity contribution >= 4 is 5.91 Å². The molecule has 0 aromatic rings. The van der Waals surface area contributed by atoms with Gasteiger partial charge in [-0.1, -0.05) is 31.7 Å². The van der Waals surface area contributed by atoms with E-state index in [0.29, 0.717) is 0 Å². The van der Waals surface area contributed by atoms with E-state index in [2.05, 4.69) is 19.6 Å². The van der Waals surface area contributed by atoms with E-state index >= 15 is 0 Å². The molecule has 2 heteroatoms. The van der Waals surface area contributed by atoms with Gasteiger partial charge >= 0.3 is 0 Å². The first-order valence-corrected chi connectivity index (χ1v) is 5.05. The molecule has 0 aromatic heterocycles. The molecule has 15 heavy (non-hydrogen) atoms. The molecule has 0 aromatic carbocycles. The van der Waals surface area contributed by atoms with Gasteiger partial charge in [0, 0.05) is 19.3 Å². The van der Waals surface area contributed by atoms with Crippen molar-refractivity contribution < 1.29 is 4.79 Å². The predicted octanol–water partition coefficient (Wildman–Crippen LogP) is 3.40. The Hall–Kier alpha value is -1.57. The van der Waals surface area contributed by atoms with Gasteiger partial charge in [-0.15, -0.1) is 0 Å². The Morgan fingerprint density at radius 3 is 2.53 bits per heavy atom. The molecule has 0 aliphatic heterocycles. The van der Waals surface area contributed by atoms with Gasteiger partial charge < -0.3 is 0 Å². The van der Waals surface area contributed by atoms with Gasteiger partial charge in [-0.3, -0.25) is 9.69 Å². The molecule has 0 aliphatic rings. The van der Waals surface area contributed by atoms with Crippen molar-refractivity contribution in [2.75, 3.05) is 0 Å². The second-order valence-electron chi connectivity index (χ2n) is 3.19. The Morgan fingerprint density at radius 1 is 1.40 bits per heavy atom. The lowest BCUT2D eigenvalue weighted by Gasteiger charge is -2.10. The van der Waals surface area contributed by atoms with Gasteiger partial charge in [-0.25, -0.2) is 0 Å². The maximum Gasteiger partial charge on any atom is 0.227 e. The lowest BCUT2D eigenvalue weighted by atomic mass is 10.2. The summed E-state index contributed by atoms with van der Waals surface area (Å²) in [5, 5.41) is 0. The summed E-state index contributed by atoms with van der Waals surface area (Å²) in [6, 6.07) is 0. The van der Waals surface area contributed by atoms with Gasteiger partial charge in [-0.05, 0) is 25.0 Å². The molecular weight excluding hydrogens is 186 g/mol. The van der Waals surface area contributed by atoms with Crippen LogP contribution in [0.2, 0.25) is 0 Å². The topological polar surface area (TPSA) is 20.3 Å². The fourth-order valence-electron chi connectivity index (χ4n) is 0.959. The first kappa shape index (κ1) is 13.4.